The summed E-state index contributed by atoms with van der Waals surface area (Å²) in [6.07, 6.45) is 5.00. The number of para-hydroxylation sites is 2. The Kier molecular flexibility index (Phi) is 6.58. The van der Waals surface area contributed by atoms with Gasteiger partial charge in [0.05, 0.1) is 24.8 Å². The van der Waals surface area contributed by atoms with Gasteiger partial charge in [-0.2, -0.15) is 0 Å². The van der Waals surface area contributed by atoms with E-state index in [-0.39, 0.29) is 0 Å². The zero-order chi connectivity index (χ0) is 21.6. The van der Waals surface area contributed by atoms with Crippen molar-refractivity contribution in [1.82, 2.24) is 9.55 Å². The minimum absolute atomic E-state index is 0.620. The molecule has 0 radical (unpaired) electrons. The van der Waals surface area contributed by atoms with E-state index in [1.54, 1.807) is 7.11 Å². The molecular formula is C26H25ClN2O2. The van der Waals surface area contributed by atoms with Crippen molar-refractivity contribution in [2.75, 3.05) is 13.7 Å². The lowest BCUT2D eigenvalue weighted by atomic mass is 10.2. The van der Waals surface area contributed by atoms with Gasteiger partial charge in [-0.3, -0.25) is 0 Å². The number of hydrogen-bond acceptors (Lipinski definition) is 3. The molecule has 0 unspecified atom stereocenters. The Morgan fingerprint density at radius 1 is 0.968 bits per heavy atom. The first-order chi connectivity index (χ1) is 15.1. The van der Waals surface area contributed by atoms with Crippen LogP contribution in [0, 0.1) is 6.92 Å². The van der Waals surface area contributed by atoms with Crippen molar-refractivity contribution in [2.24, 2.45) is 0 Å². The number of nitrogens with zero attached hydrogens (tertiary/aromatic N) is 2. The molecule has 3 aromatic carbocycles. The van der Waals surface area contributed by atoms with E-state index in [2.05, 4.69) is 22.8 Å². The van der Waals surface area contributed by atoms with Crippen molar-refractivity contribution in [3.8, 4) is 11.5 Å². The topological polar surface area (TPSA) is 36.3 Å². The molecule has 0 saturated carbocycles. The fourth-order valence-electron chi connectivity index (χ4n) is 3.46. The van der Waals surface area contributed by atoms with Crippen LogP contribution in [0.1, 0.15) is 23.4 Å². The second-order valence-electron chi connectivity index (χ2n) is 7.33. The first-order valence-corrected chi connectivity index (χ1v) is 10.7. The Morgan fingerprint density at radius 2 is 1.74 bits per heavy atom. The maximum Gasteiger partial charge on any atom is 0.133 e. The van der Waals surface area contributed by atoms with E-state index in [1.807, 2.05) is 67.6 Å². The highest BCUT2D eigenvalue weighted by Gasteiger charge is 2.08. The van der Waals surface area contributed by atoms with Gasteiger partial charge in [0.15, 0.2) is 0 Å². The van der Waals surface area contributed by atoms with Gasteiger partial charge in [-0.1, -0.05) is 41.9 Å². The van der Waals surface area contributed by atoms with E-state index in [0.717, 1.165) is 57.5 Å². The summed E-state index contributed by atoms with van der Waals surface area (Å²) in [6, 6.07) is 21.9. The first kappa shape index (κ1) is 21.0. The molecule has 0 fully saturated rings. The number of hydrogen-bond donors (Lipinski definition) is 0. The summed E-state index contributed by atoms with van der Waals surface area (Å²) in [5, 5.41) is 0.755. The fourth-order valence-corrected chi connectivity index (χ4v) is 3.58. The molecule has 0 saturated heterocycles. The SMILES string of the molecule is COc1ccc(/C=C/c2nc3ccccc3n2CCCOc2ccc(Cl)c(C)c2)cc1. The predicted octanol–water partition coefficient (Wildman–Crippen LogP) is 6.65. The molecule has 0 spiro atoms. The number of aromatic nitrogens is 2. The van der Waals surface area contributed by atoms with Crippen LogP contribution >= 0.6 is 11.6 Å². The predicted molar refractivity (Wildman–Crippen MR) is 128 cm³/mol. The van der Waals surface area contributed by atoms with E-state index in [9.17, 15) is 0 Å². The van der Waals surface area contributed by atoms with Crippen LogP contribution in [0.2, 0.25) is 5.02 Å². The smallest absolute Gasteiger partial charge is 0.133 e. The Balaban J connectivity index is 1.48. The number of aryl methyl sites for hydroxylation is 2. The standard InChI is InChI=1S/C26H25ClN2O2/c1-19-18-22(13-14-23(19)27)31-17-5-16-29-25-7-4-3-6-24(25)28-26(29)15-10-20-8-11-21(30-2)12-9-20/h3-4,6-15,18H,5,16-17H2,1-2H3/b15-10+. The second kappa shape index (κ2) is 9.71. The minimum atomic E-state index is 0.620. The van der Waals surface area contributed by atoms with Gasteiger partial charge in [0.25, 0.3) is 0 Å². The molecule has 0 atom stereocenters. The molecule has 0 N–H and O–H groups in total. The van der Waals surface area contributed by atoms with Crippen LogP contribution in [0.3, 0.4) is 0 Å². The summed E-state index contributed by atoms with van der Waals surface area (Å²) < 4.78 is 13.4. The van der Waals surface area contributed by atoms with Gasteiger partial charge < -0.3 is 14.0 Å². The highest BCUT2D eigenvalue weighted by molar-refractivity contribution is 6.31. The second-order valence-corrected chi connectivity index (χ2v) is 7.74. The minimum Gasteiger partial charge on any atom is -0.497 e. The van der Waals surface area contributed by atoms with Crippen LogP contribution in [0.15, 0.2) is 66.7 Å². The number of imidazole rings is 1. The van der Waals surface area contributed by atoms with Crippen molar-refractivity contribution >= 4 is 34.8 Å². The van der Waals surface area contributed by atoms with Gasteiger partial charge in [-0.05, 0) is 73.0 Å². The maximum atomic E-state index is 6.09. The number of halogens is 1. The van der Waals surface area contributed by atoms with Crippen LogP contribution in [-0.4, -0.2) is 23.3 Å². The van der Waals surface area contributed by atoms with Gasteiger partial charge >= 0.3 is 0 Å². The molecule has 1 aromatic heterocycles. The molecule has 158 valence electrons. The average molecular weight is 433 g/mol. The summed E-state index contributed by atoms with van der Waals surface area (Å²) in [7, 11) is 1.67. The van der Waals surface area contributed by atoms with Gasteiger partial charge in [0.2, 0.25) is 0 Å². The highest BCUT2D eigenvalue weighted by atomic mass is 35.5. The van der Waals surface area contributed by atoms with Crippen molar-refractivity contribution in [3.63, 3.8) is 0 Å². The molecule has 0 aliphatic heterocycles. The number of fused-ring (bicyclic) bond motifs is 1. The summed E-state index contributed by atoms with van der Waals surface area (Å²) >= 11 is 6.09. The fraction of sp³-hybridized carbons (Fsp3) is 0.192. The van der Waals surface area contributed by atoms with E-state index in [4.69, 9.17) is 26.1 Å². The van der Waals surface area contributed by atoms with E-state index < -0.39 is 0 Å². The van der Waals surface area contributed by atoms with Gasteiger partial charge in [0, 0.05) is 11.6 Å². The summed E-state index contributed by atoms with van der Waals surface area (Å²) in [4.78, 5) is 4.82. The summed E-state index contributed by atoms with van der Waals surface area (Å²) in [6.45, 7) is 3.42. The molecule has 0 aliphatic rings. The van der Waals surface area contributed by atoms with Gasteiger partial charge in [0.1, 0.15) is 17.3 Å². The number of benzene rings is 3. The van der Waals surface area contributed by atoms with Crippen LogP contribution < -0.4 is 9.47 Å². The molecule has 5 heteroatoms. The largest absolute Gasteiger partial charge is 0.497 e. The molecule has 1 heterocycles. The third kappa shape index (κ3) is 5.09. The van der Waals surface area contributed by atoms with Crippen LogP contribution in [-0.2, 0) is 6.54 Å². The highest BCUT2D eigenvalue weighted by Crippen LogP contribution is 2.22. The van der Waals surface area contributed by atoms with E-state index in [1.165, 1.54) is 0 Å². The number of methoxy groups -OCH3 is 1. The monoisotopic (exact) mass is 432 g/mol. The lowest BCUT2D eigenvalue weighted by Crippen LogP contribution is -2.06. The molecular weight excluding hydrogens is 408 g/mol. The molecule has 0 aliphatic carbocycles. The Morgan fingerprint density at radius 3 is 2.52 bits per heavy atom. The molecule has 4 nitrogen and oxygen atoms in total. The Bertz CT molecular complexity index is 1200. The van der Waals surface area contributed by atoms with Crippen molar-refractivity contribution in [2.45, 2.75) is 19.9 Å². The van der Waals surface area contributed by atoms with Crippen molar-refractivity contribution in [3.05, 3.63) is 88.7 Å². The first-order valence-electron chi connectivity index (χ1n) is 10.3. The summed E-state index contributed by atoms with van der Waals surface area (Å²) in [5.41, 5.74) is 4.23. The Hall–Kier alpha value is -3.24. The van der Waals surface area contributed by atoms with Gasteiger partial charge in [-0.15, -0.1) is 0 Å². The number of rotatable bonds is 8. The van der Waals surface area contributed by atoms with Crippen LogP contribution in [0.4, 0.5) is 0 Å². The lowest BCUT2D eigenvalue weighted by Gasteiger charge is -2.10. The van der Waals surface area contributed by atoms with Crippen molar-refractivity contribution < 1.29 is 9.47 Å². The third-order valence-corrected chi connectivity index (χ3v) is 5.57. The van der Waals surface area contributed by atoms with Crippen molar-refractivity contribution in [1.29, 1.82) is 0 Å². The molecule has 4 rings (SSSR count). The van der Waals surface area contributed by atoms with E-state index >= 15 is 0 Å². The zero-order valence-corrected chi connectivity index (χ0v) is 18.5. The molecule has 0 bridgehead atoms. The average Bonchev–Trinajstić information content (AvgIpc) is 3.15. The molecule has 0 amide bonds. The zero-order valence-electron chi connectivity index (χ0n) is 17.7. The molecule has 4 aromatic rings. The van der Waals surface area contributed by atoms with Crippen LogP contribution in [0.5, 0.6) is 11.5 Å². The number of ether oxygens (including phenoxy) is 2. The maximum absolute atomic E-state index is 6.09. The molecule has 31 heavy (non-hydrogen) atoms. The van der Waals surface area contributed by atoms with Crippen LogP contribution in [0.25, 0.3) is 23.2 Å². The normalized spacial score (nSPS) is 11.3. The summed E-state index contributed by atoms with van der Waals surface area (Å²) in [5.74, 6) is 2.62. The Labute approximate surface area is 187 Å². The lowest BCUT2D eigenvalue weighted by molar-refractivity contribution is 0.302. The quantitative estimate of drug-likeness (QED) is 0.292. The van der Waals surface area contributed by atoms with Gasteiger partial charge in [-0.25, -0.2) is 4.98 Å². The van der Waals surface area contributed by atoms with E-state index in [0.29, 0.717) is 6.61 Å². The third-order valence-electron chi connectivity index (χ3n) is 5.15.